The molecule has 0 amide bonds. The molecule has 6 rings (SSSR count). The molecule has 4 aromatic rings. The molecule has 0 saturated heterocycles. The second-order valence-electron chi connectivity index (χ2n) is 10.6. The molecule has 2 aromatic heterocycles. The lowest BCUT2D eigenvalue weighted by Gasteiger charge is -2.32. The fraction of sp³-hybridized carbons (Fsp3) is 0.367. The van der Waals surface area contributed by atoms with Crippen molar-refractivity contribution in [3.63, 3.8) is 0 Å². The van der Waals surface area contributed by atoms with Gasteiger partial charge in [-0.15, -0.1) is 13.2 Å². The largest absolute Gasteiger partial charge is 0.573 e. The number of ketones is 1. The van der Waals surface area contributed by atoms with Gasteiger partial charge in [0.25, 0.3) is 0 Å². The van der Waals surface area contributed by atoms with E-state index in [1.165, 1.54) is 18.5 Å². The molecule has 8 nitrogen and oxygen atoms in total. The summed E-state index contributed by atoms with van der Waals surface area (Å²) in [5, 5.41) is 3.83. The molecule has 0 radical (unpaired) electrons. The van der Waals surface area contributed by atoms with Gasteiger partial charge in [-0.1, -0.05) is 29.4 Å². The van der Waals surface area contributed by atoms with Gasteiger partial charge in [0.15, 0.2) is 5.82 Å². The third-order valence-corrected chi connectivity index (χ3v) is 7.70. The molecule has 2 aliphatic rings. The number of halogens is 3. The second kappa shape index (κ2) is 11.0. The summed E-state index contributed by atoms with van der Waals surface area (Å²) in [6.07, 6.45) is 0.876. The molecule has 1 unspecified atom stereocenters. The van der Waals surface area contributed by atoms with Crippen molar-refractivity contribution in [2.75, 3.05) is 6.54 Å². The van der Waals surface area contributed by atoms with Gasteiger partial charge in [0.05, 0.1) is 5.69 Å². The predicted molar refractivity (Wildman–Crippen MR) is 142 cm³/mol. The maximum Gasteiger partial charge on any atom is 0.573 e. The van der Waals surface area contributed by atoms with Crippen LogP contribution in [0.15, 0.2) is 59.5 Å². The molecular weight excluding hydrogens is 535 g/mol. The zero-order valence-corrected chi connectivity index (χ0v) is 22.4. The van der Waals surface area contributed by atoms with Gasteiger partial charge in [-0.2, -0.15) is 4.98 Å². The number of aromatic nitrogens is 4. The van der Waals surface area contributed by atoms with Crippen LogP contribution in [-0.2, 0) is 30.7 Å². The number of ether oxygens (including phenoxy) is 1. The third kappa shape index (κ3) is 6.30. The Morgan fingerprint density at radius 3 is 2.80 bits per heavy atom. The molecule has 11 heteroatoms. The second-order valence-corrected chi connectivity index (χ2v) is 10.6. The van der Waals surface area contributed by atoms with Crippen LogP contribution in [-0.4, -0.2) is 43.7 Å². The summed E-state index contributed by atoms with van der Waals surface area (Å²) >= 11 is 0. The number of Topliss-reactive ketones (excluding diaryl/α,β-unsaturated/α-hetero) is 1. The van der Waals surface area contributed by atoms with E-state index in [2.05, 4.69) is 29.7 Å². The van der Waals surface area contributed by atoms with Gasteiger partial charge in [0.2, 0.25) is 5.89 Å². The van der Waals surface area contributed by atoms with Crippen molar-refractivity contribution in [2.45, 2.75) is 58.0 Å². The van der Waals surface area contributed by atoms with Gasteiger partial charge < -0.3 is 9.26 Å². The van der Waals surface area contributed by atoms with Crippen LogP contribution in [0, 0.1) is 12.8 Å². The Bertz CT molecular complexity index is 1560. The molecule has 41 heavy (non-hydrogen) atoms. The van der Waals surface area contributed by atoms with Gasteiger partial charge in [0.1, 0.15) is 17.9 Å². The molecule has 1 aliphatic carbocycles. The lowest BCUT2D eigenvalue weighted by molar-refractivity contribution is -0.274. The summed E-state index contributed by atoms with van der Waals surface area (Å²) in [7, 11) is 0. The highest BCUT2D eigenvalue weighted by atomic mass is 19.4. The maximum atomic E-state index is 13.1. The van der Waals surface area contributed by atoms with E-state index >= 15 is 0 Å². The van der Waals surface area contributed by atoms with E-state index < -0.39 is 6.36 Å². The Balaban J connectivity index is 1.25. The Morgan fingerprint density at radius 2 is 2.05 bits per heavy atom. The summed E-state index contributed by atoms with van der Waals surface area (Å²) in [5.41, 5.74) is 5.70. The van der Waals surface area contributed by atoms with Crippen molar-refractivity contribution < 1.29 is 27.2 Å². The van der Waals surface area contributed by atoms with Crippen molar-refractivity contribution in [3.8, 4) is 16.9 Å². The molecule has 2 aromatic carbocycles. The highest BCUT2D eigenvalue weighted by Crippen LogP contribution is 2.48. The minimum absolute atomic E-state index is 0.00506. The Morgan fingerprint density at radius 1 is 1.17 bits per heavy atom. The summed E-state index contributed by atoms with van der Waals surface area (Å²) < 4.78 is 48.1. The van der Waals surface area contributed by atoms with Crippen LogP contribution < -0.4 is 4.74 Å². The molecule has 0 spiro atoms. The number of benzene rings is 2. The van der Waals surface area contributed by atoms with Crippen LogP contribution in [0.25, 0.3) is 11.1 Å². The molecule has 212 valence electrons. The van der Waals surface area contributed by atoms with E-state index in [-0.39, 0.29) is 23.4 Å². The molecule has 1 aliphatic heterocycles. The standard InChI is InChI=1S/C30H28F3N5O3/c1-18-36-29(41-37-18)26-14-25(26)28(39)8-6-19-5-7-23(20-3-2-4-22(13-20)40-30(31,32)33)24-10-12-38(16-27(19)24)15-21-9-11-34-17-35-21/h2-5,7,9,11,13,17,25-26H,6,8,10,12,14-16H2,1H3/t25?,26-/m1/s1. The zero-order chi connectivity index (χ0) is 28.6. The van der Waals surface area contributed by atoms with E-state index in [9.17, 15) is 18.0 Å². The first-order valence-corrected chi connectivity index (χ1v) is 13.5. The number of carbonyl (C=O) groups excluding carboxylic acids is 1. The summed E-state index contributed by atoms with van der Waals surface area (Å²) in [6, 6.07) is 11.9. The maximum absolute atomic E-state index is 13.1. The highest BCUT2D eigenvalue weighted by Gasteiger charge is 2.47. The van der Waals surface area contributed by atoms with E-state index in [1.54, 1.807) is 25.3 Å². The van der Waals surface area contributed by atoms with Crippen molar-refractivity contribution in [1.82, 2.24) is 25.0 Å². The van der Waals surface area contributed by atoms with Gasteiger partial charge in [-0.3, -0.25) is 9.69 Å². The Labute approximate surface area is 234 Å². The Kier molecular flexibility index (Phi) is 7.29. The minimum atomic E-state index is -4.77. The first-order valence-electron chi connectivity index (χ1n) is 13.5. The van der Waals surface area contributed by atoms with Crippen LogP contribution in [0.2, 0.25) is 0 Å². The van der Waals surface area contributed by atoms with Crippen LogP contribution in [0.3, 0.4) is 0 Å². The third-order valence-electron chi connectivity index (χ3n) is 7.70. The first kappa shape index (κ1) is 27.1. The zero-order valence-electron chi connectivity index (χ0n) is 22.4. The molecule has 2 atom stereocenters. The van der Waals surface area contributed by atoms with Crippen LogP contribution in [0.5, 0.6) is 5.75 Å². The van der Waals surface area contributed by atoms with E-state index in [0.717, 1.165) is 40.9 Å². The SMILES string of the molecule is Cc1noc([C@@H]2CC2C(=O)CCc2ccc(-c3cccc(OC(F)(F)F)c3)c3c2CN(Cc2ccncn2)CC3)n1. The van der Waals surface area contributed by atoms with Crippen LogP contribution in [0.1, 0.15) is 52.9 Å². The fourth-order valence-corrected chi connectivity index (χ4v) is 5.67. The minimum Gasteiger partial charge on any atom is -0.406 e. The number of aryl methyl sites for hydroxylation is 2. The summed E-state index contributed by atoms with van der Waals surface area (Å²) in [5.74, 6) is 0.904. The van der Waals surface area contributed by atoms with Crippen molar-refractivity contribution in [2.24, 2.45) is 5.92 Å². The first-order chi connectivity index (χ1) is 19.7. The van der Waals surface area contributed by atoms with Crippen LogP contribution >= 0.6 is 0 Å². The van der Waals surface area contributed by atoms with E-state index in [4.69, 9.17) is 4.52 Å². The van der Waals surface area contributed by atoms with Gasteiger partial charge in [-0.25, -0.2) is 9.97 Å². The topological polar surface area (TPSA) is 94.2 Å². The average Bonchev–Trinajstić information content (AvgIpc) is 3.64. The van der Waals surface area contributed by atoms with E-state index in [1.807, 2.05) is 18.2 Å². The number of fused-ring (bicyclic) bond motifs is 1. The van der Waals surface area contributed by atoms with Gasteiger partial charge in [-0.05, 0) is 72.2 Å². The molecule has 0 bridgehead atoms. The average molecular weight is 564 g/mol. The number of rotatable bonds is 9. The number of hydrogen-bond donors (Lipinski definition) is 0. The quantitative estimate of drug-likeness (QED) is 0.260. The number of alkyl halides is 3. The fourth-order valence-electron chi connectivity index (χ4n) is 5.67. The van der Waals surface area contributed by atoms with Gasteiger partial charge in [0, 0.05) is 44.1 Å². The molecular formula is C30H28F3N5O3. The van der Waals surface area contributed by atoms with Crippen molar-refractivity contribution in [3.05, 3.63) is 89.1 Å². The summed E-state index contributed by atoms with van der Waals surface area (Å²) in [4.78, 5) is 28.0. The van der Waals surface area contributed by atoms with Crippen molar-refractivity contribution >= 4 is 5.78 Å². The predicted octanol–water partition coefficient (Wildman–Crippen LogP) is 5.60. The molecule has 1 fully saturated rings. The lowest BCUT2D eigenvalue weighted by atomic mass is 9.86. The number of nitrogens with zero attached hydrogens (tertiary/aromatic N) is 5. The van der Waals surface area contributed by atoms with Crippen LogP contribution in [0.4, 0.5) is 13.2 Å². The highest BCUT2D eigenvalue weighted by molar-refractivity contribution is 5.85. The normalized spacial score (nSPS) is 18.6. The molecule has 1 saturated carbocycles. The summed E-state index contributed by atoms with van der Waals surface area (Å²) in [6.45, 7) is 3.81. The van der Waals surface area contributed by atoms with Gasteiger partial charge >= 0.3 is 6.36 Å². The number of carbonyl (C=O) groups is 1. The smallest absolute Gasteiger partial charge is 0.406 e. The monoisotopic (exact) mass is 563 g/mol. The van der Waals surface area contributed by atoms with E-state index in [0.29, 0.717) is 49.6 Å². The molecule has 3 heterocycles. The molecule has 0 N–H and O–H groups in total. The Hall–Kier alpha value is -4.12. The lowest BCUT2D eigenvalue weighted by Crippen LogP contribution is -2.31. The van der Waals surface area contributed by atoms with Crippen molar-refractivity contribution in [1.29, 1.82) is 0 Å². The number of hydrogen-bond acceptors (Lipinski definition) is 8.